The van der Waals surface area contributed by atoms with Gasteiger partial charge in [-0.15, -0.1) is 10.2 Å². The highest BCUT2D eigenvalue weighted by Gasteiger charge is 2.31. The zero-order chi connectivity index (χ0) is 34.7. The van der Waals surface area contributed by atoms with Gasteiger partial charge in [-0.1, -0.05) is 45.0 Å². The standard InChI is InChI=1S/C36H48N10O3/c1-23-9-8-10-24(2)46(23)35-43-42-33-16-13-26(22-45(33)35)49-30-15-14-29(27-11-6-7-12-28(27)30)40-34(48)41-32(19-31(37)36(3,4)5)39-25-20-38-44(21-25)17-18-47/h6-7,11-13,16,19-24,29-30,37,39,47H,8-10,14-15,17-18H2,1-5H3,(H2,40,41,48)/p+1. The number of carbonyl (C=O) groups excluding carboxylic acids is 1. The minimum Gasteiger partial charge on any atom is -0.484 e. The molecule has 2 aliphatic rings. The first-order valence-electron chi connectivity index (χ1n) is 17.2. The van der Waals surface area contributed by atoms with Gasteiger partial charge in [0.05, 0.1) is 31.6 Å². The number of pyridine rings is 1. The Morgan fingerprint density at radius 2 is 1.82 bits per heavy atom. The summed E-state index contributed by atoms with van der Waals surface area (Å²) in [6.45, 7) is 10.7. The molecular formula is C36H49N10O3+. The van der Waals surface area contributed by atoms with Gasteiger partial charge in [0, 0.05) is 29.3 Å². The Balaban J connectivity index is 1.17. The van der Waals surface area contributed by atoms with Crippen LogP contribution in [0.15, 0.2) is 66.9 Å². The van der Waals surface area contributed by atoms with Crippen LogP contribution >= 0.6 is 0 Å². The highest BCUT2D eigenvalue weighted by molar-refractivity contribution is 5.97. The van der Waals surface area contributed by atoms with Crippen LogP contribution in [0.25, 0.3) is 5.65 Å². The number of anilines is 1. The molecule has 0 spiro atoms. The molecular weight excluding hydrogens is 620 g/mol. The molecule has 4 heterocycles. The Bertz CT molecular complexity index is 1810. The summed E-state index contributed by atoms with van der Waals surface area (Å²) in [6.07, 6.45) is 11.8. The van der Waals surface area contributed by atoms with Crippen molar-refractivity contribution in [2.45, 2.75) is 97.5 Å². The van der Waals surface area contributed by atoms with E-state index in [0.717, 1.165) is 47.0 Å². The highest BCUT2D eigenvalue weighted by atomic mass is 16.5. The second-order valence-electron chi connectivity index (χ2n) is 14.3. The van der Waals surface area contributed by atoms with Gasteiger partial charge in [-0.3, -0.25) is 19.7 Å². The predicted molar refractivity (Wildman–Crippen MR) is 188 cm³/mol. The zero-order valence-electron chi connectivity index (χ0n) is 29.1. The van der Waals surface area contributed by atoms with E-state index in [1.807, 2.05) is 61.7 Å². The van der Waals surface area contributed by atoms with Gasteiger partial charge in [0.2, 0.25) is 11.8 Å². The predicted octanol–water partition coefficient (Wildman–Crippen LogP) is 4.74. The van der Waals surface area contributed by atoms with E-state index in [1.165, 1.54) is 6.42 Å². The van der Waals surface area contributed by atoms with Gasteiger partial charge in [-0.05, 0) is 69.2 Å². The second-order valence-corrected chi connectivity index (χ2v) is 14.3. The monoisotopic (exact) mass is 669 g/mol. The van der Waals surface area contributed by atoms with Crippen LogP contribution in [-0.4, -0.2) is 59.9 Å². The number of allylic oxidation sites excluding steroid dienone is 1. The van der Waals surface area contributed by atoms with Crippen molar-refractivity contribution in [3.05, 3.63) is 78.0 Å². The number of hydrogen-bond acceptors (Lipinski definition) is 8. The molecule has 1 aliphatic carbocycles. The zero-order valence-corrected chi connectivity index (χ0v) is 29.1. The Morgan fingerprint density at radius 1 is 1.06 bits per heavy atom. The number of aliphatic hydroxyl groups excluding tert-OH is 1. The number of fused-ring (bicyclic) bond motifs is 2. The molecule has 4 aromatic rings. The average Bonchev–Trinajstić information content (AvgIpc) is 3.68. The topological polar surface area (TPSA) is 162 Å². The number of ether oxygens (including phenoxy) is 1. The average molecular weight is 670 g/mol. The summed E-state index contributed by atoms with van der Waals surface area (Å²) in [7, 11) is 0. The number of amides is 2. The number of rotatable bonds is 10. The third-order valence-electron chi connectivity index (χ3n) is 9.47. The molecule has 2 amide bonds. The molecule has 1 aromatic carbocycles. The van der Waals surface area contributed by atoms with E-state index in [9.17, 15) is 9.90 Å². The summed E-state index contributed by atoms with van der Waals surface area (Å²) in [5.74, 6) is 2.06. The van der Waals surface area contributed by atoms with Crippen LogP contribution in [0, 0.1) is 10.8 Å². The van der Waals surface area contributed by atoms with Crippen LogP contribution < -0.4 is 25.6 Å². The lowest BCUT2D eigenvalue weighted by Gasteiger charge is -2.39. The number of hydrogen-bond donors (Lipinski definition) is 5. The smallest absolute Gasteiger partial charge is 0.323 e. The van der Waals surface area contributed by atoms with Crippen molar-refractivity contribution >= 4 is 29.0 Å². The van der Waals surface area contributed by atoms with Crippen LogP contribution in [0.3, 0.4) is 0 Å². The summed E-state index contributed by atoms with van der Waals surface area (Å²) >= 11 is 0. The largest absolute Gasteiger partial charge is 0.484 e. The molecule has 49 heavy (non-hydrogen) atoms. The SMILES string of the molecule is CC1CCCC(C)N1c1nnc2ccc(OC3CCC(NC(=O)NC(=CC(=N)C(C)(C)C)[NH2+]c4cnn(CCO)c4)c4ccccc43)cn12. The maximum absolute atomic E-state index is 13.5. The maximum Gasteiger partial charge on any atom is 0.323 e. The maximum atomic E-state index is 13.5. The molecule has 260 valence electrons. The van der Waals surface area contributed by atoms with Gasteiger partial charge in [0.25, 0.3) is 0 Å². The van der Waals surface area contributed by atoms with E-state index in [2.05, 4.69) is 50.7 Å². The van der Waals surface area contributed by atoms with Crippen LogP contribution in [-0.2, 0) is 6.54 Å². The lowest BCUT2D eigenvalue weighted by molar-refractivity contribution is -0.522. The normalized spacial score (nSPS) is 21.3. The summed E-state index contributed by atoms with van der Waals surface area (Å²) in [6, 6.07) is 12.2. The number of quaternary nitrogens is 1. The lowest BCUT2D eigenvalue weighted by atomic mass is 9.85. The van der Waals surface area contributed by atoms with Crippen molar-refractivity contribution in [2.24, 2.45) is 5.41 Å². The molecule has 1 saturated heterocycles. The van der Waals surface area contributed by atoms with E-state index >= 15 is 0 Å². The molecule has 0 bridgehead atoms. The van der Waals surface area contributed by atoms with Crippen LogP contribution in [0.2, 0.25) is 0 Å². The minimum absolute atomic E-state index is 0.0242. The van der Waals surface area contributed by atoms with E-state index in [4.69, 9.17) is 10.1 Å². The number of benzene rings is 1. The van der Waals surface area contributed by atoms with Gasteiger partial charge < -0.3 is 25.5 Å². The molecule has 4 atom stereocenters. The number of urea groups is 1. The van der Waals surface area contributed by atoms with E-state index in [0.29, 0.717) is 43.0 Å². The fourth-order valence-corrected chi connectivity index (χ4v) is 6.78. The van der Waals surface area contributed by atoms with Crippen LogP contribution in [0.4, 0.5) is 16.4 Å². The van der Waals surface area contributed by atoms with Crippen molar-refractivity contribution in [3.8, 4) is 5.75 Å². The summed E-state index contributed by atoms with van der Waals surface area (Å²) in [5.41, 5.74) is 3.56. The molecule has 1 aliphatic heterocycles. The van der Waals surface area contributed by atoms with Crippen molar-refractivity contribution in [3.63, 3.8) is 0 Å². The number of piperidine rings is 1. The molecule has 6 rings (SSSR count). The molecule has 13 heteroatoms. The summed E-state index contributed by atoms with van der Waals surface area (Å²) in [4.78, 5) is 15.9. The van der Waals surface area contributed by atoms with Crippen molar-refractivity contribution in [1.82, 2.24) is 35.0 Å². The van der Waals surface area contributed by atoms with Crippen LogP contribution in [0.1, 0.15) is 90.0 Å². The number of nitrogens with zero attached hydrogens (tertiary/aromatic N) is 6. The first kappa shape index (κ1) is 34.1. The van der Waals surface area contributed by atoms with Gasteiger partial charge in [0.1, 0.15) is 18.1 Å². The number of aliphatic hydroxyl groups is 1. The number of carbonyl (C=O) groups is 1. The third-order valence-corrected chi connectivity index (χ3v) is 9.47. The van der Waals surface area contributed by atoms with Crippen molar-refractivity contribution in [1.29, 1.82) is 5.41 Å². The number of nitrogens with two attached hydrogens (primary N) is 1. The quantitative estimate of drug-likeness (QED) is 0.152. The molecule has 0 radical (unpaired) electrons. The fourth-order valence-electron chi connectivity index (χ4n) is 6.78. The van der Waals surface area contributed by atoms with Gasteiger partial charge in [0.15, 0.2) is 11.3 Å². The summed E-state index contributed by atoms with van der Waals surface area (Å²) < 4.78 is 10.3. The third kappa shape index (κ3) is 7.78. The molecule has 0 saturated carbocycles. The fraction of sp³-hybridized carbons (Fsp3) is 0.472. The Kier molecular flexibility index (Phi) is 10.0. The van der Waals surface area contributed by atoms with Crippen molar-refractivity contribution < 1.29 is 20.0 Å². The molecule has 13 nitrogen and oxygen atoms in total. The van der Waals surface area contributed by atoms with E-state index in [-0.39, 0.29) is 24.8 Å². The Labute approximate surface area is 287 Å². The second kappa shape index (κ2) is 14.4. The first-order chi connectivity index (χ1) is 23.5. The number of aromatic nitrogens is 5. The Hall–Kier alpha value is -4.75. The van der Waals surface area contributed by atoms with E-state index < -0.39 is 5.41 Å². The highest BCUT2D eigenvalue weighted by Crippen LogP contribution is 2.39. The van der Waals surface area contributed by atoms with Gasteiger partial charge in [-0.2, -0.15) is 5.10 Å². The Morgan fingerprint density at radius 3 is 2.55 bits per heavy atom. The molecule has 6 N–H and O–H groups in total. The van der Waals surface area contributed by atoms with Gasteiger partial charge >= 0.3 is 6.03 Å². The first-order valence-corrected chi connectivity index (χ1v) is 17.2. The summed E-state index contributed by atoms with van der Waals surface area (Å²) in [5, 5.41) is 39.0. The van der Waals surface area contributed by atoms with Crippen LogP contribution in [0.5, 0.6) is 5.75 Å². The molecule has 4 unspecified atom stereocenters. The van der Waals surface area contributed by atoms with Crippen molar-refractivity contribution in [2.75, 3.05) is 11.5 Å². The molecule has 1 fully saturated rings. The number of nitrogens with one attached hydrogen (secondary N) is 3. The minimum atomic E-state index is -0.402. The molecule has 3 aromatic heterocycles. The van der Waals surface area contributed by atoms with E-state index in [1.54, 1.807) is 28.5 Å². The van der Waals surface area contributed by atoms with Gasteiger partial charge in [-0.25, -0.2) is 4.79 Å². The lowest BCUT2D eigenvalue weighted by Crippen LogP contribution is -2.79.